The Balaban J connectivity index is 1.93. The molecule has 0 saturated heterocycles. The third-order valence-corrected chi connectivity index (χ3v) is 5.29. The van der Waals surface area contributed by atoms with E-state index >= 15 is 0 Å². The smallest absolute Gasteiger partial charge is 0.271 e. The largest absolute Gasteiger partial charge is 0.325 e. The summed E-state index contributed by atoms with van der Waals surface area (Å²) in [6.07, 6.45) is 7.78. The molecule has 1 aromatic carbocycles. The van der Waals surface area contributed by atoms with Crippen molar-refractivity contribution in [2.24, 2.45) is 11.8 Å². The molecule has 1 saturated carbocycles. The van der Waals surface area contributed by atoms with E-state index in [1.807, 2.05) is 0 Å². The summed E-state index contributed by atoms with van der Waals surface area (Å²) in [6.45, 7) is 2.20. The molecule has 1 fully saturated rings. The molecule has 0 unspecified atom stereocenters. The van der Waals surface area contributed by atoms with Crippen LogP contribution in [0.3, 0.4) is 0 Å². The summed E-state index contributed by atoms with van der Waals surface area (Å²) in [4.78, 5) is 22.8. The van der Waals surface area contributed by atoms with Crippen LogP contribution in [0.4, 0.5) is 11.4 Å². The van der Waals surface area contributed by atoms with Gasteiger partial charge in [-0.05, 0) is 53.6 Å². The fourth-order valence-corrected chi connectivity index (χ4v) is 3.51. The van der Waals surface area contributed by atoms with E-state index in [2.05, 4.69) is 28.2 Å². The lowest BCUT2D eigenvalue weighted by Crippen LogP contribution is -2.27. The van der Waals surface area contributed by atoms with Crippen molar-refractivity contribution in [1.82, 2.24) is 0 Å². The van der Waals surface area contributed by atoms with Crippen LogP contribution >= 0.6 is 15.9 Å². The topological polar surface area (TPSA) is 72.2 Å². The number of unbranched alkanes of at least 4 members (excludes halogenated alkanes) is 1. The molecule has 1 aliphatic rings. The van der Waals surface area contributed by atoms with Crippen molar-refractivity contribution < 1.29 is 9.72 Å². The predicted molar refractivity (Wildman–Crippen MR) is 94.4 cm³/mol. The molecule has 1 amide bonds. The lowest BCUT2D eigenvalue weighted by molar-refractivity contribution is -0.384. The van der Waals surface area contributed by atoms with Crippen LogP contribution in [0.15, 0.2) is 22.7 Å². The Hall–Kier alpha value is -1.43. The number of amides is 1. The van der Waals surface area contributed by atoms with E-state index in [0.717, 1.165) is 31.6 Å². The summed E-state index contributed by atoms with van der Waals surface area (Å²) in [7, 11) is 0. The van der Waals surface area contributed by atoms with Crippen LogP contribution in [-0.4, -0.2) is 10.8 Å². The zero-order chi connectivity index (χ0) is 16.8. The van der Waals surface area contributed by atoms with E-state index < -0.39 is 4.92 Å². The number of halogens is 1. The summed E-state index contributed by atoms with van der Waals surface area (Å²) in [5.74, 6) is 0.739. The summed E-state index contributed by atoms with van der Waals surface area (Å²) in [5, 5.41) is 13.7. The van der Waals surface area contributed by atoms with E-state index in [1.165, 1.54) is 31.4 Å². The van der Waals surface area contributed by atoms with Gasteiger partial charge in [0.15, 0.2) is 0 Å². The monoisotopic (exact) mass is 382 g/mol. The van der Waals surface area contributed by atoms with Crippen LogP contribution in [0.25, 0.3) is 0 Å². The number of carbonyl (C=O) groups excluding carboxylic acids is 1. The van der Waals surface area contributed by atoms with Crippen molar-refractivity contribution >= 4 is 33.2 Å². The zero-order valence-corrected chi connectivity index (χ0v) is 15.0. The first-order valence-corrected chi connectivity index (χ1v) is 9.05. The maximum Gasteiger partial charge on any atom is 0.271 e. The molecule has 0 bridgehead atoms. The molecule has 0 atom stereocenters. The normalized spacial score (nSPS) is 21.0. The van der Waals surface area contributed by atoms with E-state index in [0.29, 0.717) is 10.2 Å². The lowest BCUT2D eigenvalue weighted by atomic mass is 9.79. The number of nitro benzene ring substituents is 1. The summed E-state index contributed by atoms with van der Waals surface area (Å²) in [5.41, 5.74) is 0.448. The highest BCUT2D eigenvalue weighted by molar-refractivity contribution is 9.10. The fraction of sp³-hybridized carbons (Fsp3) is 0.588. The molecule has 1 aromatic rings. The first-order chi connectivity index (χ1) is 11.0. The van der Waals surface area contributed by atoms with Gasteiger partial charge in [0.25, 0.3) is 5.69 Å². The van der Waals surface area contributed by atoms with Gasteiger partial charge in [-0.25, -0.2) is 0 Å². The van der Waals surface area contributed by atoms with E-state index in [1.54, 1.807) is 6.07 Å². The number of nitro groups is 1. The minimum absolute atomic E-state index is 0.0130. The number of benzene rings is 1. The van der Waals surface area contributed by atoms with Gasteiger partial charge in [-0.1, -0.05) is 26.2 Å². The van der Waals surface area contributed by atoms with Gasteiger partial charge in [-0.2, -0.15) is 0 Å². The highest BCUT2D eigenvalue weighted by atomic mass is 79.9. The number of rotatable bonds is 6. The van der Waals surface area contributed by atoms with Crippen molar-refractivity contribution in [3.05, 3.63) is 32.8 Å². The molecule has 1 N–H and O–H groups in total. The fourth-order valence-electron chi connectivity index (χ4n) is 3.16. The van der Waals surface area contributed by atoms with Crippen molar-refractivity contribution in [2.75, 3.05) is 5.32 Å². The predicted octanol–water partition coefficient (Wildman–Crippen LogP) is 5.29. The van der Waals surface area contributed by atoms with Crippen LogP contribution in [0.2, 0.25) is 0 Å². The molecule has 0 radical (unpaired) electrons. The van der Waals surface area contributed by atoms with Crippen LogP contribution in [0.1, 0.15) is 51.9 Å². The van der Waals surface area contributed by atoms with Crippen molar-refractivity contribution in [2.45, 2.75) is 51.9 Å². The second-order valence-electron chi connectivity index (χ2n) is 6.27. The Bertz CT molecular complexity index is 569. The number of nitrogens with zero attached hydrogens (tertiary/aromatic N) is 1. The maximum absolute atomic E-state index is 12.4. The number of hydrogen-bond acceptors (Lipinski definition) is 3. The summed E-state index contributed by atoms with van der Waals surface area (Å²) in [6, 6.07) is 4.41. The molecule has 2 rings (SSSR count). The standard InChI is InChI=1S/C17H23BrN2O3/c1-2-3-4-12-5-7-13(8-6-12)17(21)19-16-11-14(20(22)23)9-10-15(16)18/h9-13H,2-8H2,1H3,(H,19,21). The highest BCUT2D eigenvalue weighted by Crippen LogP contribution is 2.33. The third-order valence-electron chi connectivity index (χ3n) is 4.60. The number of anilines is 1. The average Bonchev–Trinajstić information content (AvgIpc) is 2.55. The SMILES string of the molecule is CCCCC1CCC(C(=O)Nc2cc([N+](=O)[O-])ccc2Br)CC1. The molecule has 0 aromatic heterocycles. The second-order valence-corrected chi connectivity index (χ2v) is 7.12. The van der Waals surface area contributed by atoms with Crippen LogP contribution in [-0.2, 0) is 4.79 Å². The number of hydrogen-bond donors (Lipinski definition) is 1. The van der Waals surface area contributed by atoms with E-state index in [9.17, 15) is 14.9 Å². The van der Waals surface area contributed by atoms with Gasteiger partial charge >= 0.3 is 0 Å². The van der Waals surface area contributed by atoms with Gasteiger partial charge in [0.05, 0.1) is 10.6 Å². The van der Waals surface area contributed by atoms with Crippen molar-refractivity contribution in [1.29, 1.82) is 0 Å². The Labute approximate surface area is 145 Å². The lowest BCUT2D eigenvalue weighted by Gasteiger charge is -2.27. The minimum atomic E-state index is -0.457. The zero-order valence-electron chi connectivity index (χ0n) is 13.4. The molecule has 0 heterocycles. The van der Waals surface area contributed by atoms with Gasteiger partial charge in [-0.3, -0.25) is 14.9 Å². The highest BCUT2D eigenvalue weighted by Gasteiger charge is 2.26. The average molecular weight is 383 g/mol. The van der Waals surface area contributed by atoms with Gasteiger partial charge < -0.3 is 5.32 Å². The van der Waals surface area contributed by atoms with Gasteiger partial charge in [0, 0.05) is 22.5 Å². The minimum Gasteiger partial charge on any atom is -0.325 e. The van der Waals surface area contributed by atoms with Gasteiger partial charge in [-0.15, -0.1) is 0 Å². The number of non-ortho nitro benzene ring substituents is 1. The molecular weight excluding hydrogens is 360 g/mol. The van der Waals surface area contributed by atoms with Crippen LogP contribution in [0, 0.1) is 22.0 Å². The van der Waals surface area contributed by atoms with Crippen LogP contribution < -0.4 is 5.32 Å². The molecular formula is C17H23BrN2O3. The Morgan fingerprint density at radius 1 is 1.35 bits per heavy atom. The Morgan fingerprint density at radius 3 is 2.65 bits per heavy atom. The van der Waals surface area contributed by atoms with Crippen molar-refractivity contribution in [3.63, 3.8) is 0 Å². The molecule has 1 aliphatic carbocycles. The number of nitrogens with one attached hydrogen (secondary N) is 1. The third kappa shape index (κ3) is 5.03. The quantitative estimate of drug-likeness (QED) is 0.536. The van der Waals surface area contributed by atoms with Crippen LogP contribution in [0.5, 0.6) is 0 Å². The molecule has 6 heteroatoms. The molecule has 126 valence electrons. The van der Waals surface area contributed by atoms with E-state index in [-0.39, 0.29) is 17.5 Å². The van der Waals surface area contributed by atoms with Gasteiger partial charge in [0.2, 0.25) is 5.91 Å². The second kappa shape index (κ2) is 8.43. The maximum atomic E-state index is 12.4. The van der Waals surface area contributed by atoms with Crippen molar-refractivity contribution in [3.8, 4) is 0 Å². The first-order valence-electron chi connectivity index (χ1n) is 8.26. The molecule has 0 aliphatic heterocycles. The molecule has 5 nitrogen and oxygen atoms in total. The summed E-state index contributed by atoms with van der Waals surface area (Å²) >= 11 is 3.33. The van der Waals surface area contributed by atoms with E-state index in [4.69, 9.17) is 0 Å². The van der Waals surface area contributed by atoms with Gasteiger partial charge in [0.1, 0.15) is 0 Å². The molecule has 23 heavy (non-hydrogen) atoms. The molecule has 0 spiro atoms. The Morgan fingerprint density at radius 2 is 2.04 bits per heavy atom. The number of carbonyl (C=O) groups is 1. The first kappa shape index (κ1) is 17.9. The summed E-state index contributed by atoms with van der Waals surface area (Å²) < 4.78 is 0.660. The Kier molecular flexibility index (Phi) is 6.57.